The minimum Gasteiger partial charge on any atom is -0.316 e. The average molecular weight is 158 g/mol. The van der Waals surface area contributed by atoms with E-state index in [-0.39, 0.29) is 0 Å². The highest BCUT2D eigenvalue weighted by atomic mass is 32.2. The van der Waals surface area contributed by atoms with Crippen LogP contribution in [-0.2, 0) is 0 Å². The minimum atomic E-state index is 0.614. The second-order valence-electron chi connectivity index (χ2n) is 3.39. The van der Waals surface area contributed by atoms with Gasteiger partial charge in [-0.15, -0.1) is 0 Å². The molecular weight excluding hydrogens is 144 g/mol. The molecule has 0 aliphatic carbocycles. The minimum absolute atomic E-state index is 0.614. The van der Waals surface area contributed by atoms with Crippen molar-refractivity contribution < 1.29 is 0 Å². The molecule has 0 amide bonds. The Morgan fingerprint density at radius 2 is 2.30 bits per heavy atom. The molecule has 0 bridgehead atoms. The van der Waals surface area contributed by atoms with Crippen molar-refractivity contribution in [1.29, 1.82) is 0 Å². The molecule has 2 N–H and O–H groups in total. The van der Waals surface area contributed by atoms with E-state index in [2.05, 4.69) is 10.0 Å². The maximum absolute atomic E-state index is 3.46. The molecule has 1 atom stereocenters. The van der Waals surface area contributed by atoms with Gasteiger partial charge in [0.05, 0.1) is 0 Å². The van der Waals surface area contributed by atoms with Crippen molar-refractivity contribution in [2.45, 2.75) is 12.8 Å². The Bertz CT molecular complexity index is 113. The summed E-state index contributed by atoms with van der Waals surface area (Å²) in [5.74, 6) is 1.31. The van der Waals surface area contributed by atoms with Crippen LogP contribution in [-0.4, -0.2) is 25.4 Å². The van der Waals surface area contributed by atoms with Crippen molar-refractivity contribution in [3.8, 4) is 0 Å². The van der Waals surface area contributed by atoms with Gasteiger partial charge < -0.3 is 5.32 Å². The Balaban J connectivity index is 1.98. The van der Waals surface area contributed by atoms with E-state index in [1.165, 1.54) is 38.2 Å². The number of piperidine rings is 1. The molecule has 2 aliphatic rings. The molecule has 2 heterocycles. The molecule has 2 rings (SSSR count). The van der Waals surface area contributed by atoms with Gasteiger partial charge in [0.1, 0.15) is 0 Å². The molecule has 0 saturated carbocycles. The second-order valence-corrected chi connectivity index (χ2v) is 4.26. The number of nitrogens with one attached hydrogen (secondary N) is 2. The van der Waals surface area contributed by atoms with Crippen molar-refractivity contribution in [2.75, 3.05) is 25.4 Å². The Hall–Kier alpha value is 0.270. The van der Waals surface area contributed by atoms with Gasteiger partial charge in [-0.2, -0.15) is 0 Å². The van der Waals surface area contributed by atoms with E-state index in [0.29, 0.717) is 5.41 Å². The van der Waals surface area contributed by atoms with Crippen LogP contribution in [0.4, 0.5) is 0 Å². The lowest BCUT2D eigenvalue weighted by Crippen LogP contribution is -2.42. The van der Waals surface area contributed by atoms with Gasteiger partial charge in [-0.1, -0.05) is 11.9 Å². The zero-order valence-corrected chi connectivity index (χ0v) is 6.97. The quantitative estimate of drug-likeness (QED) is 0.505. The summed E-state index contributed by atoms with van der Waals surface area (Å²) in [5.41, 5.74) is 0.614. The molecule has 2 nitrogen and oxygen atoms in total. The van der Waals surface area contributed by atoms with Gasteiger partial charge in [0.15, 0.2) is 0 Å². The molecule has 3 heteroatoms. The number of hydrogen-bond acceptors (Lipinski definition) is 3. The first kappa shape index (κ1) is 6.95. The van der Waals surface area contributed by atoms with E-state index in [0.717, 1.165) is 0 Å². The molecule has 58 valence electrons. The summed E-state index contributed by atoms with van der Waals surface area (Å²) >= 11 is 1.89. The van der Waals surface area contributed by atoms with Crippen molar-refractivity contribution in [3.63, 3.8) is 0 Å². The molecule has 1 spiro atoms. The number of hydrogen-bond donors (Lipinski definition) is 2. The molecule has 10 heavy (non-hydrogen) atoms. The highest BCUT2D eigenvalue weighted by molar-refractivity contribution is 7.97. The summed E-state index contributed by atoms with van der Waals surface area (Å²) in [7, 11) is 0. The number of rotatable bonds is 0. The third-order valence-corrected chi connectivity index (χ3v) is 3.59. The van der Waals surface area contributed by atoms with Crippen LogP contribution < -0.4 is 10.0 Å². The Morgan fingerprint density at radius 3 is 2.90 bits per heavy atom. The van der Waals surface area contributed by atoms with Crippen molar-refractivity contribution in [2.24, 2.45) is 5.41 Å². The molecular formula is C7H14N2S. The smallest absolute Gasteiger partial charge is 0.0160 e. The zero-order valence-electron chi connectivity index (χ0n) is 6.15. The van der Waals surface area contributed by atoms with Crippen molar-refractivity contribution in [1.82, 2.24) is 10.0 Å². The standard InChI is InChI=1S/C7H14N2S/c1-2-7(4-8-3-1)5-9-10-6-7/h8-9H,1-6H2. The summed E-state index contributed by atoms with van der Waals surface area (Å²) in [6.07, 6.45) is 2.78. The fourth-order valence-corrected chi connectivity index (χ4v) is 2.93. The van der Waals surface area contributed by atoms with Gasteiger partial charge in [-0.05, 0) is 19.4 Å². The lowest BCUT2D eigenvalue weighted by Gasteiger charge is -2.32. The van der Waals surface area contributed by atoms with Gasteiger partial charge in [-0.3, -0.25) is 4.72 Å². The maximum Gasteiger partial charge on any atom is 0.0160 e. The average Bonchev–Trinajstić information content (AvgIpc) is 2.39. The maximum atomic E-state index is 3.46. The van der Waals surface area contributed by atoms with E-state index in [1.54, 1.807) is 0 Å². The molecule has 1 unspecified atom stereocenters. The van der Waals surface area contributed by atoms with E-state index in [1.807, 2.05) is 11.9 Å². The zero-order chi connectivity index (χ0) is 6.86. The Labute approximate surface area is 66.3 Å². The molecule has 0 aromatic heterocycles. The predicted octanol–water partition coefficient (Wildman–Crippen LogP) is 0.608. The van der Waals surface area contributed by atoms with Crippen LogP contribution in [0.5, 0.6) is 0 Å². The summed E-state index contributed by atoms with van der Waals surface area (Å²) in [5, 5.41) is 3.46. The molecule has 0 aromatic rings. The summed E-state index contributed by atoms with van der Waals surface area (Å²) in [4.78, 5) is 0. The third-order valence-electron chi connectivity index (χ3n) is 2.49. The lowest BCUT2D eigenvalue weighted by molar-refractivity contribution is 0.258. The van der Waals surface area contributed by atoms with E-state index >= 15 is 0 Å². The first-order valence-corrected chi connectivity index (χ1v) is 4.95. The summed E-state index contributed by atoms with van der Waals surface area (Å²) in [6.45, 7) is 3.67. The van der Waals surface area contributed by atoms with E-state index < -0.39 is 0 Å². The fraction of sp³-hybridized carbons (Fsp3) is 1.00. The van der Waals surface area contributed by atoms with Crippen LogP contribution in [0.3, 0.4) is 0 Å². The summed E-state index contributed by atoms with van der Waals surface area (Å²) < 4.78 is 3.36. The Kier molecular flexibility index (Phi) is 1.89. The van der Waals surface area contributed by atoms with E-state index in [4.69, 9.17) is 0 Å². The van der Waals surface area contributed by atoms with Crippen LogP contribution in [0.25, 0.3) is 0 Å². The molecule has 2 fully saturated rings. The van der Waals surface area contributed by atoms with Crippen molar-refractivity contribution >= 4 is 11.9 Å². The van der Waals surface area contributed by atoms with Crippen LogP contribution in [0, 0.1) is 5.41 Å². The molecule has 0 aromatic carbocycles. The molecule has 2 aliphatic heterocycles. The predicted molar refractivity (Wildman–Crippen MR) is 45.0 cm³/mol. The highest BCUT2D eigenvalue weighted by Crippen LogP contribution is 2.33. The molecule has 0 radical (unpaired) electrons. The van der Waals surface area contributed by atoms with Gasteiger partial charge in [-0.25, -0.2) is 0 Å². The van der Waals surface area contributed by atoms with Gasteiger partial charge in [0.2, 0.25) is 0 Å². The van der Waals surface area contributed by atoms with Crippen LogP contribution in [0.1, 0.15) is 12.8 Å². The normalized spacial score (nSPS) is 40.8. The largest absolute Gasteiger partial charge is 0.316 e. The van der Waals surface area contributed by atoms with Crippen molar-refractivity contribution in [3.05, 3.63) is 0 Å². The third kappa shape index (κ3) is 1.18. The fourth-order valence-electron chi connectivity index (χ4n) is 1.76. The van der Waals surface area contributed by atoms with Gasteiger partial charge in [0, 0.05) is 24.3 Å². The Morgan fingerprint density at radius 1 is 1.30 bits per heavy atom. The summed E-state index contributed by atoms with van der Waals surface area (Å²) in [6, 6.07) is 0. The monoisotopic (exact) mass is 158 g/mol. The van der Waals surface area contributed by atoms with Crippen LogP contribution >= 0.6 is 11.9 Å². The highest BCUT2D eigenvalue weighted by Gasteiger charge is 2.35. The van der Waals surface area contributed by atoms with Gasteiger partial charge in [0.25, 0.3) is 0 Å². The van der Waals surface area contributed by atoms with Gasteiger partial charge >= 0.3 is 0 Å². The first-order valence-electron chi connectivity index (χ1n) is 3.97. The van der Waals surface area contributed by atoms with Crippen LogP contribution in [0.15, 0.2) is 0 Å². The van der Waals surface area contributed by atoms with Crippen LogP contribution in [0.2, 0.25) is 0 Å². The first-order chi connectivity index (χ1) is 4.91. The van der Waals surface area contributed by atoms with E-state index in [9.17, 15) is 0 Å². The second kappa shape index (κ2) is 2.72. The SMILES string of the molecule is C1CNCC2(C1)CNSC2. The topological polar surface area (TPSA) is 24.1 Å². The molecule has 2 saturated heterocycles. The lowest BCUT2D eigenvalue weighted by atomic mass is 9.83.